The van der Waals surface area contributed by atoms with Crippen LogP contribution in [0.5, 0.6) is 17.2 Å². The van der Waals surface area contributed by atoms with Crippen LogP contribution in [0.25, 0.3) is 0 Å². The fourth-order valence-corrected chi connectivity index (χ4v) is 4.95. The zero-order chi connectivity index (χ0) is 22.4. The lowest BCUT2D eigenvalue weighted by atomic mass is 9.96. The molecule has 168 valence electrons. The standard InChI is InChI=1S/C22H28N2O6S/c1-28-19-13-15(14-20(29-2)21(19)30-3)22(25)23-16-9-11-18(12-10-16)31(26,27)24-17-7-5-4-6-8-17/h9-14,17,24H,4-8H2,1-3H3,(H,23,25). The molecular formula is C22H28N2O6S. The number of ether oxygens (including phenoxy) is 3. The molecule has 0 radical (unpaired) electrons. The minimum absolute atomic E-state index is 0.0156. The molecule has 1 aliphatic rings. The van der Waals surface area contributed by atoms with Gasteiger partial charge in [-0.2, -0.15) is 0 Å². The van der Waals surface area contributed by atoms with Crippen molar-refractivity contribution in [1.82, 2.24) is 4.72 Å². The van der Waals surface area contributed by atoms with E-state index in [4.69, 9.17) is 14.2 Å². The van der Waals surface area contributed by atoms with E-state index in [0.717, 1.165) is 32.1 Å². The van der Waals surface area contributed by atoms with Crippen LogP contribution in [0.15, 0.2) is 41.3 Å². The summed E-state index contributed by atoms with van der Waals surface area (Å²) < 4.78 is 43.8. The predicted molar refractivity (Wildman–Crippen MR) is 118 cm³/mol. The number of hydrogen-bond acceptors (Lipinski definition) is 6. The molecule has 0 bridgehead atoms. The van der Waals surface area contributed by atoms with E-state index in [2.05, 4.69) is 10.0 Å². The summed E-state index contributed by atoms with van der Waals surface area (Å²) in [4.78, 5) is 12.9. The van der Waals surface area contributed by atoms with Gasteiger partial charge in [-0.05, 0) is 49.2 Å². The van der Waals surface area contributed by atoms with Crippen molar-refractivity contribution in [2.75, 3.05) is 26.6 Å². The van der Waals surface area contributed by atoms with Gasteiger partial charge >= 0.3 is 0 Å². The third-order valence-electron chi connectivity index (χ3n) is 5.28. The van der Waals surface area contributed by atoms with Crippen molar-refractivity contribution >= 4 is 21.6 Å². The Balaban J connectivity index is 1.73. The van der Waals surface area contributed by atoms with Crippen LogP contribution in [-0.4, -0.2) is 41.7 Å². The summed E-state index contributed by atoms with van der Waals surface area (Å²) in [5, 5.41) is 2.75. The highest BCUT2D eigenvalue weighted by atomic mass is 32.2. The first kappa shape index (κ1) is 22.9. The average molecular weight is 449 g/mol. The number of anilines is 1. The van der Waals surface area contributed by atoms with Crippen molar-refractivity contribution in [2.45, 2.75) is 43.0 Å². The molecule has 1 saturated carbocycles. The number of amides is 1. The van der Waals surface area contributed by atoms with E-state index in [1.165, 1.54) is 33.5 Å². The number of benzene rings is 2. The van der Waals surface area contributed by atoms with E-state index >= 15 is 0 Å². The third-order valence-corrected chi connectivity index (χ3v) is 6.81. The third kappa shape index (κ3) is 5.48. The normalized spacial score (nSPS) is 14.7. The SMILES string of the molecule is COc1cc(C(=O)Nc2ccc(S(=O)(=O)NC3CCCCC3)cc2)cc(OC)c1OC. The maximum atomic E-state index is 12.7. The van der Waals surface area contributed by atoms with Crippen LogP contribution in [0, 0.1) is 0 Å². The van der Waals surface area contributed by atoms with Crippen LogP contribution < -0.4 is 24.2 Å². The molecular weight excluding hydrogens is 420 g/mol. The maximum absolute atomic E-state index is 12.7. The molecule has 9 heteroatoms. The van der Waals surface area contributed by atoms with Crippen molar-refractivity contribution < 1.29 is 27.4 Å². The average Bonchev–Trinajstić information content (AvgIpc) is 2.78. The highest BCUT2D eigenvalue weighted by molar-refractivity contribution is 7.89. The van der Waals surface area contributed by atoms with Crippen molar-refractivity contribution in [3.63, 3.8) is 0 Å². The Kier molecular flexibility index (Phi) is 7.40. The molecule has 31 heavy (non-hydrogen) atoms. The van der Waals surface area contributed by atoms with Gasteiger partial charge in [0, 0.05) is 17.3 Å². The lowest BCUT2D eigenvalue weighted by Crippen LogP contribution is -2.36. The molecule has 3 rings (SSSR count). The van der Waals surface area contributed by atoms with E-state index in [-0.39, 0.29) is 10.9 Å². The Morgan fingerprint density at radius 3 is 2.00 bits per heavy atom. The number of carbonyl (C=O) groups is 1. The van der Waals surface area contributed by atoms with Crippen LogP contribution >= 0.6 is 0 Å². The first-order chi connectivity index (χ1) is 14.9. The largest absolute Gasteiger partial charge is 0.493 e. The number of sulfonamides is 1. The lowest BCUT2D eigenvalue weighted by Gasteiger charge is -2.22. The second kappa shape index (κ2) is 10.0. The van der Waals surface area contributed by atoms with E-state index < -0.39 is 15.9 Å². The minimum Gasteiger partial charge on any atom is -0.493 e. The molecule has 0 aliphatic heterocycles. The molecule has 2 aromatic rings. The second-order valence-corrected chi connectivity index (χ2v) is 9.06. The highest BCUT2D eigenvalue weighted by Gasteiger charge is 2.22. The van der Waals surface area contributed by atoms with Gasteiger partial charge in [0.2, 0.25) is 15.8 Å². The summed E-state index contributed by atoms with van der Waals surface area (Å²) in [6.07, 6.45) is 4.96. The molecule has 1 aliphatic carbocycles. The van der Waals surface area contributed by atoms with Gasteiger partial charge in [0.05, 0.1) is 26.2 Å². The lowest BCUT2D eigenvalue weighted by molar-refractivity contribution is 0.102. The molecule has 1 amide bonds. The molecule has 0 spiro atoms. The van der Waals surface area contributed by atoms with Crippen LogP contribution in [0.1, 0.15) is 42.5 Å². The van der Waals surface area contributed by atoms with Gasteiger partial charge in [-0.25, -0.2) is 13.1 Å². The van der Waals surface area contributed by atoms with E-state index in [1.54, 1.807) is 24.3 Å². The van der Waals surface area contributed by atoms with Crippen molar-refractivity contribution in [2.24, 2.45) is 0 Å². The van der Waals surface area contributed by atoms with Crippen molar-refractivity contribution in [3.05, 3.63) is 42.0 Å². The van der Waals surface area contributed by atoms with Gasteiger partial charge in [0.1, 0.15) is 0 Å². The summed E-state index contributed by atoms with van der Waals surface area (Å²) in [6.45, 7) is 0. The van der Waals surface area contributed by atoms with Crippen LogP contribution in [0.2, 0.25) is 0 Å². The summed E-state index contributed by atoms with van der Waals surface area (Å²) in [5.41, 5.74) is 0.778. The van der Waals surface area contributed by atoms with Gasteiger partial charge in [-0.15, -0.1) is 0 Å². The summed E-state index contributed by atoms with van der Waals surface area (Å²) >= 11 is 0. The minimum atomic E-state index is -3.59. The second-order valence-electron chi connectivity index (χ2n) is 7.35. The van der Waals surface area contributed by atoms with E-state index in [9.17, 15) is 13.2 Å². The van der Waals surface area contributed by atoms with Crippen LogP contribution in [0.4, 0.5) is 5.69 Å². The van der Waals surface area contributed by atoms with Gasteiger partial charge in [-0.3, -0.25) is 4.79 Å². The van der Waals surface area contributed by atoms with Gasteiger partial charge in [-0.1, -0.05) is 19.3 Å². The van der Waals surface area contributed by atoms with Crippen molar-refractivity contribution in [1.29, 1.82) is 0 Å². The summed E-state index contributed by atoms with van der Waals surface area (Å²) in [7, 11) is 0.836. The molecule has 2 aromatic carbocycles. The van der Waals surface area contributed by atoms with Gasteiger partial charge in [0.25, 0.3) is 5.91 Å². The Morgan fingerprint density at radius 2 is 1.48 bits per heavy atom. The molecule has 0 aromatic heterocycles. The molecule has 2 N–H and O–H groups in total. The maximum Gasteiger partial charge on any atom is 0.255 e. The molecule has 0 heterocycles. The number of rotatable bonds is 8. The molecule has 0 unspecified atom stereocenters. The first-order valence-electron chi connectivity index (χ1n) is 10.1. The summed E-state index contributed by atoms with van der Waals surface area (Å²) in [5.74, 6) is 0.723. The number of hydrogen-bond donors (Lipinski definition) is 2. The van der Waals surface area contributed by atoms with Crippen LogP contribution in [0.3, 0.4) is 0 Å². The zero-order valence-electron chi connectivity index (χ0n) is 17.9. The zero-order valence-corrected chi connectivity index (χ0v) is 18.8. The fraction of sp³-hybridized carbons (Fsp3) is 0.409. The monoisotopic (exact) mass is 448 g/mol. The fourth-order valence-electron chi connectivity index (χ4n) is 3.64. The van der Waals surface area contributed by atoms with Gasteiger partial charge < -0.3 is 19.5 Å². The van der Waals surface area contributed by atoms with E-state index in [1.807, 2.05) is 0 Å². The Bertz CT molecular complexity index is 990. The molecule has 0 saturated heterocycles. The number of nitrogens with one attached hydrogen (secondary N) is 2. The van der Waals surface area contributed by atoms with Gasteiger partial charge in [0.15, 0.2) is 11.5 Å². The Labute approximate surface area is 182 Å². The molecule has 8 nitrogen and oxygen atoms in total. The Hall–Kier alpha value is -2.78. The van der Waals surface area contributed by atoms with Crippen molar-refractivity contribution in [3.8, 4) is 17.2 Å². The molecule has 1 fully saturated rings. The summed E-state index contributed by atoms with van der Waals surface area (Å²) in [6, 6.07) is 9.16. The smallest absolute Gasteiger partial charge is 0.255 e. The predicted octanol–water partition coefficient (Wildman–Crippen LogP) is 3.58. The Morgan fingerprint density at radius 1 is 0.903 bits per heavy atom. The highest BCUT2D eigenvalue weighted by Crippen LogP contribution is 2.38. The first-order valence-corrected chi connectivity index (χ1v) is 11.6. The topological polar surface area (TPSA) is 103 Å². The molecule has 0 atom stereocenters. The van der Waals surface area contributed by atoms with Crippen LogP contribution in [-0.2, 0) is 10.0 Å². The quantitative estimate of drug-likeness (QED) is 0.640. The number of carbonyl (C=O) groups excluding carboxylic acids is 1. The van der Waals surface area contributed by atoms with E-state index in [0.29, 0.717) is 28.5 Å². The number of methoxy groups -OCH3 is 3.